The fourth-order valence-corrected chi connectivity index (χ4v) is 4.15. The van der Waals surface area contributed by atoms with Crippen LogP contribution in [0.15, 0.2) is 30.3 Å². The van der Waals surface area contributed by atoms with Gasteiger partial charge in [0.15, 0.2) is 8.32 Å². The van der Waals surface area contributed by atoms with E-state index in [4.69, 9.17) is 4.43 Å². The third-order valence-corrected chi connectivity index (χ3v) is 9.70. The molecular weight excluding hydrogens is 293 g/mol. The molecule has 1 aromatic carbocycles. The fourth-order valence-electron chi connectivity index (χ4n) is 2.79. The molecule has 124 valence electrons. The molecule has 1 aliphatic rings. The van der Waals surface area contributed by atoms with Crippen molar-refractivity contribution in [3.8, 4) is 0 Å². The molecule has 0 aromatic heterocycles. The molecule has 2 rings (SSSR count). The minimum Gasteiger partial charge on any atom is -0.413 e. The summed E-state index contributed by atoms with van der Waals surface area (Å²) in [6.07, 6.45) is 0.987. The molecule has 1 heterocycles. The molecule has 1 aromatic rings. The van der Waals surface area contributed by atoms with E-state index in [9.17, 15) is 4.39 Å². The molecule has 0 bridgehead atoms. The molecule has 0 radical (unpaired) electrons. The van der Waals surface area contributed by atoms with Crippen molar-refractivity contribution in [1.82, 2.24) is 4.90 Å². The van der Waals surface area contributed by atoms with Crippen LogP contribution < -0.4 is 0 Å². The van der Waals surface area contributed by atoms with Crippen molar-refractivity contribution < 1.29 is 8.82 Å². The highest BCUT2D eigenvalue weighted by atomic mass is 28.4. The molecule has 0 N–H and O–H groups in total. The summed E-state index contributed by atoms with van der Waals surface area (Å²) in [7, 11) is -1.78. The van der Waals surface area contributed by atoms with Gasteiger partial charge < -0.3 is 4.43 Å². The summed E-state index contributed by atoms with van der Waals surface area (Å²) in [6, 6.07) is 10.3. The van der Waals surface area contributed by atoms with E-state index in [1.807, 2.05) is 18.2 Å². The summed E-state index contributed by atoms with van der Waals surface area (Å²) >= 11 is 0. The average Bonchev–Trinajstić information content (AvgIpc) is 2.79. The van der Waals surface area contributed by atoms with Crippen LogP contribution in [-0.4, -0.2) is 38.6 Å². The van der Waals surface area contributed by atoms with E-state index in [1.54, 1.807) is 0 Å². The van der Waals surface area contributed by atoms with Crippen LogP contribution in [0.1, 0.15) is 32.8 Å². The molecule has 0 spiro atoms. The van der Waals surface area contributed by atoms with Gasteiger partial charge >= 0.3 is 0 Å². The summed E-state index contributed by atoms with van der Waals surface area (Å²) in [5, 5.41) is 0.199. The maximum Gasteiger partial charge on any atom is 0.192 e. The van der Waals surface area contributed by atoms with Crippen molar-refractivity contribution >= 4 is 8.32 Å². The fraction of sp³-hybridized carbons (Fsp3) is 0.667. The molecule has 4 heteroatoms. The van der Waals surface area contributed by atoms with Crippen LogP contribution in [0.5, 0.6) is 0 Å². The molecule has 0 unspecified atom stereocenters. The first-order chi connectivity index (χ1) is 10.2. The van der Waals surface area contributed by atoms with Gasteiger partial charge in [0.1, 0.15) is 6.67 Å². The van der Waals surface area contributed by atoms with Gasteiger partial charge in [-0.1, -0.05) is 51.1 Å². The second kappa shape index (κ2) is 6.81. The Hall–Kier alpha value is -0.713. The van der Waals surface area contributed by atoms with E-state index in [1.165, 1.54) is 5.56 Å². The van der Waals surface area contributed by atoms with E-state index >= 15 is 0 Å². The highest BCUT2D eigenvalue weighted by molar-refractivity contribution is 6.74. The number of rotatable bonds is 5. The quantitative estimate of drug-likeness (QED) is 0.733. The van der Waals surface area contributed by atoms with Gasteiger partial charge in [-0.3, -0.25) is 4.90 Å². The van der Waals surface area contributed by atoms with Gasteiger partial charge in [-0.15, -0.1) is 0 Å². The van der Waals surface area contributed by atoms with Crippen LogP contribution in [0.4, 0.5) is 4.39 Å². The largest absolute Gasteiger partial charge is 0.413 e. The lowest BCUT2D eigenvalue weighted by atomic mass is 10.2. The summed E-state index contributed by atoms with van der Waals surface area (Å²) in [4.78, 5) is 2.24. The van der Waals surface area contributed by atoms with Gasteiger partial charge in [0.25, 0.3) is 0 Å². The highest BCUT2D eigenvalue weighted by Crippen LogP contribution is 2.39. The predicted molar refractivity (Wildman–Crippen MR) is 93.3 cm³/mol. The number of likely N-dealkylation sites (tertiary alicyclic amines) is 1. The van der Waals surface area contributed by atoms with E-state index < -0.39 is 8.32 Å². The Balaban J connectivity index is 2.00. The topological polar surface area (TPSA) is 12.5 Å². The number of hydrogen-bond acceptors (Lipinski definition) is 2. The molecule has 22 heavy (non-hydrogen) atoms. The lowest BCUT2D eigenvalue weighted by molar-refractivity contribution is 0.174. The van der Waals surface area contributed by atoms with Crippen LogP contribution >= 0.6 is 0 Å². The monoisotopic (exact) mass is 323 g/mol. The summed E-state index contributed by atoms with van der Waals surface area (Å²) in [6.45, 7) is 12.7. The summed E-state index contributed by atoms with van der Waals surface area (Å²) < 4.78 is 19.9. The number of nitrogens with zero attached hydrogens (tertiary/aromatic N) is 1. The van der Waals surface area contributed by atoms with Crippen LogP contribution in [0.3, 0.4) is 0 Å². The third kappa shape index (κ3) is 4.18. The summed E-state index contributed by atoms with van der Waals surface area (Å²) in [5.41, 5.74) is 1.24. The minimum atomic E-state index is -1.78. The number of benzene rings is 1. The van der Waals surface area contributed by atoms with Gasteiger partial charge in [0.2, 0.25) is 0 Å². The van der Waals surface area contributed by atoms with Crippen LogP contribution in [-0.2, 0) is 11.0 Å². The molecule has 1 saturated heterocycles. The van der Waals surface area contributed by atoms with Crippen molar-refractivity contribution in [2.75, 3.05) is 13.2 Å². The summed E-state index contributed by atoms with van der Waals surface area (Å²) in [5.74, 6) is 0. The van der Waals surface area contributed by atoms with Gasteiger partial charge in [-0.25, -0.2) is 4.39 Å². The number of alkyl halides is 1. The number of halogens is 1. The van der Waals surface area contributed by atoms with E-state index in [0.29, 0.717) is 0 Å². The van der Waals surface area contributed by atoms with E-state index in [2.05, 4.69) is 50.9 Å². The van der Waals surface area contributed by atoms with Crippen molar-refractivity contribution in [3.63, 3.8) is 0 Å². The van der Waals surface area contributed by atoms with Crippen LogP contribution in [0, 0.1) is 0 Å². The maximum atomic E-state index is 13.4. The SMILES string of the molecule is CC(C)(C)[Si](C)(C)O[C@@H]1C[C@H](CF)N(Cc2ccccc2)C1. The Kier molecular flexibility index (Phi) is 5.46. The zero-order valence-electron chi connectivity index (χ0n) is 14.6. The van der Waals surface area contributed by atoms with Crippen LogP contribution in [0.2, 0.25) is 18.1 Å². The zero-order chi connectivity index (χ0) is 16.4. The normalized spacial score (nSPS) is 23.9. The smallest absolute Gasteiger partial charge is 0.192 e. The van der Waals surface area contributed by atoms with Gasteiger partial charge in [-0.05, 0) is 30.1 Å². The lowest BCUT2D eigenvalue weighted by Crippen LogP contribution is -2.44. The first kappa shape index (κ1) is 17.6. The van der Waals surface area contributed by atoms with E-state index in [-0.39, 0.29) is 23.9 Å². The number of hydrogen-bond donors (Lipinski definition) is 0. The Morgan fingerprint density at radius 2 is 1.86 bits per heavy atom. The Bertz CT molecular complexity index is 472. The second-order valence-electron chi connectivity index (χ2n) is 7.96. The highest BCUT2D eigenvalue weighted by Gasteiger charge is 2.42. The van der Waals surface area contributed by atoms with Crippen molar-refractivity contribution in [3.05, 3.63) is 35.9 Å². The molecule has 0 amide bonds. The second-order valence-corrected chi connectivity index (χ2v) is 12.7. The Morgan fingerprint density at radius 3 is 2.41 bits per heavy atom. The molecule has 2 atom stereocenters. The molecule has 0 saturated carbocycles. The minimum absolute atomic E-state index is 0.00465. The first-order valence-corrected chi connectivity index (χ1v) is 11.2. The van der Waals surface area contributed by atoms with Crippen LogP contribution in [0.25, 0.3) is 0 Å². The Labute approximate surface area is 135 Å². The Morgan fingerprint density at radius 1 is 1.23 bits per heavy atom. The molecular formula is C18H30FNOSi. The van der Waals surface area contributed by atoms with Crippen molar-refractivity contribution in [1.29, 1.82) is 0 Å². The van der Waals surface area contributed by atoms with Crippen molar-refractivity contribution in [2.24, 2.45) is 0 Å². The van der Waals surface area contributed by atoms with Crippen molar-refractivity contribution in [2.45, 2.75) is 64.0 Å². The predicted octanol–water partition coefficient (Wildman–Crippen LogP) is 4.62. The first-order valence-electron chi connectivity index (χ1n) is 8.24. The zero-order valence-corrected chi connectivity index (χ0v) is 15.6. The van der Waals surface area contributed by atoms with Gasteiger partial charge in [0, 0.05) is 19.1 Å². The average molecular weight is 324 g/mol. The lowest BCUT2D eigenvalue weighted by Gasteiger charge is -2.38. The molecule has 2 nitrogen and oxygen atoms in total. The molecule has 1 fully saturated rings. The standard InChI is InChI=1S/C18H30FNOSi/c1-18(2,3)22(4,5)21-17-11-16(12-19)20(14-17)13-15-9-7-6-8-10-15/h6-10,16-17H,11-14H2,1-5H3/t16-,17-/m1/s1. The van der Waals surface area contributed by atoms with Gasteiger partial charge in [-0.2, -0.15) is 0 Å². The molecule has 1 aliphatic heterocycles. The molecule has 0 aliphatic carbocycles. The van der Waals surface area contributed by atoms with E-state index in [0.717, 1.165) is 19.5 Å². The maximum absolute atomic E-state index is 13.4. The van der Waals surface area contributed by atoms with Gasteiger partial charge in [0.05, 0.1) is 6.10 Å². The third-order valence-electron chi connectivity index (χ3n) is 5.16.